The zero-order chi connectivity index (χ0) is 18.5. The summed E-state index contributed by atoms with van der Waals surface area (Å²) in [6, 6.07) is 12.8. The van der Waals surface area contributed by atoms with Crippen molar-refractivity contribution in [2.24, 2.45) is 12.1 Å². The number of aromatic nitrogens is 1. The molecule has 134 valence electrons. The van der Waals surface area contributed by atoms with Crippen molar-refractivity contribution >= 4 is 23.4 Å². The molecule has 8 heteroatoms. The molecule has 0 radical (unpaired) electrons. The average Bonchev–Trinajstić information content (AvgIpc) is 3.08. The van der Waals surface area contributed by atoms with E-state index in [-0.39, 0.29) is 24.5 Å². The van der Waals surface area contributed by atoms with Crippen LogP contribution in [-0.2, 0) is 23.2 Å². The number of aryl methyl sites for hydroxylation is 1. The average molecular weight is 353 g/mol. The van der Waals surface area contributed by atoms with Crippen LogP contribution in [0.1, 0.15) is 28.9 Å². The molecule has 0 fully saturated rings. The van der Waals surface area contributed by atoms with Crippen molar-refractivity contribution in [3.05, 3.63) is 59.9 Å². The zero-order valence-corrected chi connectivity index (χ0v) is 14.3. The van der Waals surface area contributed by atoms with Crippen molar-refractivity contribution < 1.29 is 14.4 Å². The number of amides is 3. The molecule has 2 heterocycles. The van der Waals surface area contributed by atoms with E-state index in [1.807, 2.05) is 30.3 Å². The normalized spacial score (nSPS) is 14.0. The Kier molecular flexibility index (Phi) is 5.12. The molecule has 0 spiro atoms. The van der Waals surface area contributed by atoms with Gasteiger partial charge in [0.05, 0.1) is 6.54 Å². The van der Waals surface area contributed by atoms with E-state index in [9.17, 15) is 14.4 Å². The molecule has 1 aromatic heterocycles. The third kappa shape index (κ3) is 3.97. The molecule has 1 aliphatic heterocycles. The van der Waals surface area contributed by atoms with Crippen molar-refractivity contribution in [3.63, 3.8) is 0 Å². The number of hydrogen-bond acceptors (Lipinski definition) is 4. The second-order valence-corrected chi connectivity index (χ2v) is 5.90. The molecule has 0 saturated heterocycles. The summed E-state index contributed by atoms with van der Waals surface area (Å²) in [5.74, 6) is -1.10. The minimum absolute atomic E-state index is 0.141. The van der Waals surface area contributed by atoms with Crippen molar-refractivity contribution in [1.82, 2.24) is 20.4 Å². The quantitative estimate of drug-likeness (QED) is 0.802. The predicted octanol–water partition coefficient (Wildman–Crippen LogP) is 0.965. The number of nitrogens with zero attached hydrogens (tertiary/aromatic N) is 3. The van der Waals surface area contributed by atoms with E-state index in [2.05, 4.69) is 16.0 Å². The van der Waals surface area contributed by atoms with Gasteiger partial charge in [0.1, 0.15) is 11.4 Å². The van der Waals surface area contributed by atoms with Crippen LogP contribution in [0.5, 0.6) is 0 Å². The Morgan fingerprint density at radius 1 is 1.04 bits per heavy atom. The van der Waals surface area contributed by atoms with Crippen LogP contribution >= 0.6 is 0 Å². The number of hydrogen-bond donors (Lipinski definition) is 2. The topological polar surface area (TPSA) is 95.8 Å². The lowest BCUT2D eigenvalue weighted by atomic mass is 10.1. The second-order valence-electron chi connectivity index (χ2n) is 5.90. The van der Waals surface area contributed by atoms with Gasteiger partial charge in [0, 0.05) is 26.1 Å². The predicted molar refractivity (Wildman–Crippen MR) is 94.7 cm³/mol. The number of carbonyl (C=O) groups excluding carboxylic acids is 3. The Bertz CT molecular complexity index is 857. The van der Waals surface area contributed by atoms with Crippen LogP contribution in [0.2, 0.25) is 0 Å². The summed E-state index contributed by atoms with van der Waals surface area (Å²) in [6.45, 7) is 0.298. The summed E-state index contributed by atoms with van der Waals surface area (Å²) in [4.78, 5) is 36.3. The number of nitrogens with one attached hydrogen (secondary N) is 2. The third-order valence-electron chi connectivity index (χ3n) is 4.01. The minimum atomic E-state index is -0.530. The van der Waals surface area contributed by atoms with Crippen LogP contribution < -0.4 is 10.9 Å². The summed E-state index contributed by atoms with van der Waals surface area (Å²) in [5, 5.41) is 5.43. The zero-order valence-electron chi connectivity index (χ0n) is 14.3. The van der Waals surface area contributed by atoms with Crippen LogP contribution in [0, 0.1) is 0 Å². The molecule has 0 aliphatic carbocycles. The minimum Gasteiger partial charge on any atom is -0.347 e. The molecule has 26 heavy (non-hydrogen) atoms. The van der Waals surface area contributed by atoms with E-state index in [0.717, 1.165) is 5.56 Å². The lowest BCUT2D eigenvalue weighted by Crippen LogP contribution is -2.47. The monoisotopic (exact) mass is 353 g/mol. The van der Waals surface area contributed by atoms with Gasteiger partial charge in [-0.2, -0.15) is 5.10 Å². The maximum atomic E-state index is 12.3. The van der Waals surface area contributed by atoms with E-state index >= 15 is 0 Å². The first-order valence-electron chi connectivity index (χ1n) is 8.18. The van der Waals surface area contributed by atoms with Crippen LogP contribution in [-0.4, -0.2) is 33.0 Å². The van der Waals surface area contributed by atoms with E-state index in [1.165, 1.54) is 5.01 Å². The van der Waals surface area contributed by atoms with Crippen molar-refractivity contribution in [2.75, 3.05) is 0 Å². The van der Waals surface area contributed by atoms with Gasteiger partial charge in [0.15, 0.2) is 0 Å². The highest BCUT2D eigenvalue weighted by Crippen LogP contribution is 2.13. The summed E-state index contributed by atoms with van der Waals surface area (Å²) in [6.07, 6.45) is 2.16. The lowest BCUT2D eigenvalue weighted by molar-refractivity contribution is -0.132. The van der Waals surface area contributed by atoms with E-state index in [4.69, 9.17) is 0 Å². The highest BCUT2D eigenvalue weighted by atomic mass is 16.2. The van der Waals surface area contributed by atoms with Gasteiger partial charge in [0.25, 0.3) is 11.8 Å². The lowest BCUT2D eigenvalue weighted by Gasteiger charge is -2.23. The van der Waals surface area contributed by atoms with Crippen molar-refractivity contribution in [2.45, 2.75) is 19.4 Å². The number of rotatable bonds is 4. The highest BCUT2D eigenvalue weighted by molar-refractivity contribution is 6.39. The molecule has 3 rings (SSSR count). The molecule has 1 aliphatic rings. The van der Waals surface area contributed by atoms with Crippen LogP contribution in [0.3, 0.4) is 0 Å². The Balaban J connectivity index is 1.63. The molecule has 2 N–H and O–H groups in total. The Morgan fingerprint density at radius 3 is 2.46 bits per heavy atom. The molecule has 0 unspecified atom stereocenters. The molecule has 2 aromatic rings. The maximum Gasteiger partial charge on any atom is 0.286 e. The van der Waals surface area contributed by atoms with E-state index in [0.29, 0.717) is 12.2 Å². The highest BCUT2D eigenvalue weighted by Gasteiger charge is 2.25. The van der Waals surface area contributed by atoms with E-state index in [1.54, 1.807) is 29.9 Å². The summed E-state index contributed by atoms with van der Waals surface area (Å²) < 4.78 is 1.64. The molecular formula is C18H19N5O3. The number of benzene rings is 1. The van der Waals surface area contributed by atoms with E-state index < -0.39 is 11.8 Å². The molecule has 1 aromatic carbocycles. The number of hydrazine groups is 1. The van der Waals surface area contributed by atoms with Gasteiger partial charge in [-0.3, -0.25) is 25.2 Å². The van der Waals surface area contributed by atoms with Gasteiger partial charge in [-0.25, -0.2) is 5.01 Å². The SMILES string of the molecule is Cn1cccc1C(=O)NNC(=O)C1=NN(Cc2ccccc2)C(=O)CC1. The smallest absolute Gasteiger partial charge is 0.286 e. The fourth-order valence-corrected chi connectivity index (χ4v) is 2.59. The van der Waals surface area contributed by atoms with Gasteiger partial charge in [0.2, 0.25) is 5.91 Å². The second kappa shape index (κ2) is 7.64. The fourth-order valence-electron chi connectivity index (χ4n) is 2.59. The number of carbonyl (C=O) groups is 3. The van der Waals surface area contributed by atoms with Gasteiger partial charge < -0.3 is 4.57 Å². The molecule has 0 bridgehead atoms. The van der Waals surface area contributed by atoms with Crippen LogP contribution in [0.4, 0.5) is 0 Å². The van der Waals surface area contributed by atoms with Gasteiger partial charge in [-0.1, -0.05) is 30.3 Å². The molecule has 0 saturated carbocycles. The summed E-state index contributed by atoms with van der Waals surface area (Å²) in [5.41, 5.74) is 6.24. The van der Waals surface area contributed by atoms with Crippen LogP contribution in [0.15, 0.2) is 53.8 Å². The molecule has 3 amide bonds. The first kappa shape index (κ1) is 17.4. The third-order valence-corrected chi connectivity index (χ3v) is 4.01. The standard InChI is InChI=1S/C18H19N5O3/c1-22-11-5-8-15(22)18(26)20-19-17(25)14-9-10-16(24)23(21-14)12-13-6-3-2-4-7-13/h2-8,11H,9-10,12H2,1H3,(H,19,25)(H,20,26). The maximum absolute atomic E-state index is 12.3. The molecule has 8 nitrogen and oxygen atoms in total. The number of hydrazone groups is 1. The largest absolute Gasteiger partial charge is 0.347 e. The van der Waals surface area contributed by atoms with Crippen molar-refractivity contribution in [1.29, 1.82) is 0 Å². The van der Waals surface area contributed by atoms with Crippen molar-refractivity contribution in [3.8, 4) is 0 Å². The first-order valence-corrected chi connectivity index (χ1v) is 8.18. The molecule has 0 atom stereocenters. The summed E-state index contributed by atoms with van der Waals surface area (Å²) in [7, 11) is 1.73. The Hall–Kier alpha value is -3.42. The van der Waals surface area contributed by atoms with Gasteiger partial charge in [-0.15, -0.1) is 0 Å². The Morgan fingerprint density at radius 2 is 1.77 bits per heavy atom. The molecular weight excluding hydrogens is 334 g/mol. The van der Waals surface area contributed by atoms with Crippen LogP contribution in [0.25, 0.3) is 0 Å². The fraction of sp³-hybridized carbons (Fsp3) is 0.222. The summed E-state index contributed by atoms with van der Waals surface area (Å²) >= 11 is 0. The van der Waals surface area contributed by atoms with Gasteiger partial charge in [-0.05, 0) is 17.7 Å². The van der Waals surface area contributed by atoms with Gasteiger partial charge >= 0.3 is 0 Å². The first-order chi connectivity index (χ1) is 12.5. The Labute approximate surface area is 150 Å².